The minimum Gasteiger partial charge on any atom is -0.468 e. The molecule has 74 valence electrons. The zero-order valence-corrected chi connectivity index (χ0v) is 8.55. The highest BCUT2D eigenvalue weighted by Gasteiger charge is 2.05. The second kappa shape index (κ2) is 5.81. The van der Waals surface area contributed by atoms with E-state index in [2.05, 4.69) is 19.2 Å². The van der Waals surface area contributed by atoms with Crippen LogP contribution in [0, 0.1) is 0 Å². The number of furan rings is 1. The Labute approximate surface area is 80.3 Å². The first-order valence-electron chi connectivity index (χ1n) is 5.11. The molecule has 0 fully saturated rings. The van der Waals surface area contributed by atoms with E-state index >= 15 is 0 Å². The second-order valence-electron chi connectivity index (χ2n) is 3.40. The van der Waals surface area contributed by atoms with Crippen molar-refractivity contribution in [3.05, 3.63) is 24.2 Å². The van der Waals surface area contributed by atoms with Gasteiger partial charge in [0.05, 0.1) is 12.3 Å². The fourth-order valence-corrected chi connectivity index (χ4v) is 1.33. The van der Waals surface area contributed by atoms with Gasteiger partial charge in [0.2, 0.25) is 0 Å². The normalized spacial score (nSPS) is 13.1. The van der Waals surface area contributed by atoms with Gasteiger partial charge in [-0.25, -0.2) is 0 Å². The number of hydrogen-bond donors (Lipinski definition) is 1. The molecule has 0 aliphatic carbocycles. The standard InChI is InChI=1S/C11H19NO/c1-3-4-5-8-12-10(2)11-7-6-9-13-11/h6-7,9-10,12H,3-5,8H2,1-2H3/t10-/m1/s1. The molecule has 1 aromatic heterocycles. The lowest BCUT2D eigenvalue weighted by Gasteiger charge is -2.10. The van der Waals surface area contributed by atoms with Crippen LogP contribution >= 0.6 is 0 Å². The van der Waals surface area contributed by atoms with Crippen molar-refractivity contribution in [1.82, 2.24) is 5.32 Å². The SMILES string of the molecule is CCCCCN[C@H](C)c1ccco1. The minimum absolute atomic E-state index is 0.340. The van der Waals surface area contributed by atoms with E-state index in [-0.39, 0.29) is 0 Å². The molecule has 0 saturated heterocycles. The summed E-state index contributed by atoms with van der Waals surface area (Å²) in [5.41, 5.74) is 0. The predicted octanol–water partition coefficient (Wildman–Crippen LogP) is 3.12. The molecule has 0 aromatic carbocycles. The number of nitrogens with one attached hydrogen (secondary N) is 1. The summed E-state index contributed by atoms with van der Waals surface area (Å²) in [6.07, 6.45) is 5.55. The smallest absolute Gasteiger partial charge is 0.120 e. The molecule has 0 radical (unpaired) electrons. The highest BCUT2D eigenvalue weighted by Crippen LogP contribution is 2.11. The van der Waals surface area contributed by atoms with Gasteiger partial charge in [0, 0.05) is 0 Å². The average molecular weight is 181 g/mol. The molecule has 0 spiro atoms. The number of hydrogen-bond acceptors (Lipinski definition) is 2. The maximum absolute atomic E-state index is 5.29. The Bertz CT molecular complexity index is 206. The largest absolute Gasteiger partial charge is 0.468 e. The summed E-state index contributed by atoms with van der Waals surface area (Å²) in [5.74, 6) is 1.02. The molecule has 0 saturated carbocycles. The third kappa shape index (κ3) is 3.64. The third-order valence-electron chi connectivity index (χ3n) is 2.20. The second-order valence-corrected chi connectivity index (χ2v) is 3.40. The van der Waals surface area contributed by atoms with Crippen molar-refractivity contribution in [1.29, 1.82) is 0 Å². The highest BCUT2D eigenvalue weighted by molar-refractivity contribution is 5.02. The van der Waals surface area contributed by atoms with Gasteiger partial charge < -0.3 is 9.73 Å². The summed E-state index contributed by atoms with van der Waals surface area (Å²) in [7, 11) is 0. The van der Waals surface area contributed by atoms with Gasteiger partial charge in [0.25, 0.3) is 0 Å². The van der Waals surface area contributed by atoms with Crippen LogP contribution in [0.15, 0.2) is 22.8 Å². The monoisotopic (exact) mass is 181 g/mol. The van der Waals surface area contributed by atoms with E-state index in [0.717, 1.165) is 12.3 Å². The topological polar surface area (TPSA) is 25.2 Å². The molecule has 0 aliphatic heterocycles. The van der Waals surface area contributed by atoms with Crippen LogP contribution in [0.3, 0.4) is 0 Å². The first-order chi connectivity index (χ1) is 6.34. The molecular weight excluding hydrogens is 162 g/mol. The lowest BCUT2D eigenvalue weighted by atomic mass is 10.2. The summed E-state index contributed by atoms with van der Waals surface area (Å²) in [4.78, 5) is 0. The Morgan fingerprint density at radius 1 is 1.46 bits per heavy atom. The van der Waals surface area contributed by atoms with Crippen molar-refractivity contribution in [3.8, 4) is 0 Å². The van der Waals surface area contributed by atoms with Gasteiger partial charge in [0.15, 0.2) is 0 Å². The Hall–Kier alpha value is -0.760. The number of unbranched alkanes of at least 4 members (excludes halogenated alkanes) is 2. The average Bonchev–Trinajstić information content (AvgIpc) is 2.65. The lowest BCUT2D eigenvalue weighted by molar-refractivity contribution is 0.427. The molecule has 13 heavy (non-hydrogen) atoms. The van der Waals surface area contributed by atoms with E-state index in [1.54, 1.807) is 6.26 Å². The van der Waals surface area contributed by atoms with Crippen molar-refractivity contribution in [2.75, 3.05) is 6.54 Å². The first kappa shape index (κ1) is 10.3. The molecule has 1 atom stereocenters. The van der Waals surface area contributed by atoms with E-state index in [0.29, 0.717) is 6.04 Å². The van der Waals surface area contributed by atoms with Gasteiger partial charge >= 0.3 is 0 Å². The van der Waals surface area contributed by atoms with Crippen LogP contribution in [0.2, 0.25) is 0 Å². The Morgan fingerprint density at radius 3 is 2.92 bits per heavy atom. The quantitative estimate of drug-likeness (QED) is 0.682. The molecule has 1 N–H and O–H groups in total. The van der Waals surface area contributed by atoms with Crippen LogP contribution in [0.5, 0.6) is 0 Å². The fourth-order valence-electron chi connectivity index (χ4n) is 1.33. The molecule has 1 rings (SSSR count). The third-order valence-corrected chi connectivity index (χ3v) is 2.20. The van der Waals surface area contributed by atoms with Crippen molar-refractivity contribution in [3.63, 3.8) is 0 Å². The van der Waals surface area contributed by atoms with E-state index < -0.39 is 0 Å². The summed E-state index contributed by atoms with van der Waals surface area (Å²) in [5, 5.41) is 3.43. The van der Waals surface area contributed by atoms with Crippen LogP contribution in [-0.4, -0.2) is 6.54 Å². The van der Waals surface area contributed by atoms with Crippen molar-refractivity contribution < 1.29 is 4.42 Å². The Morgan fingerprint density at radius 2 is 2.31 bits per heavy atom. The molecule has 2 nitrogen and oxygen atoms in total. The zero-order valence-electron chi connectivity index (χ0n) is 8.55. The lowest BCUT2D eigenvalue weighted by Crippen LogP contribution is -2.19. The van der Waals surface area contributed by atoms with Gasteiger partial charge in [0.1, 0.15) is 5.76 Å². The summed E-state index contributed by atoms with van der Waals surface area (Å²) in [6.45, 7) is 5.43. The van der Waals surface area contributed by atoms with Crippen LogP contribution in [-0.2, 0) is 0 Å². The highest BCUT2D eigenvalue weighted by atomic mass is 16.3. The van der Waals surface area contributed by atoms with Crippen molar-refractivity contribution >= 4 is 0 Å². The minimum atomic E-state index is 0.340. The molecule has 2 heteroatoms. The van der Waals surface area contributed by atoms with Crippen LogP contribution in [0.25, 0.3) is 0 Å². The maximum Gasteiger partial charge on any atom is 0.120 e. The molecule has 1 aromatic rings. The van der Waals surface area contributed by atoms with Gasteiger partial charge in [-0.05, 0) is 32.0 Å². The van der Waals surface area contributed by atoms with Crippen LogP contribution < -0.4 is 5.32 Å². The summed E-state index contributed by atoms with van der Waals surface area (Å²) in [6, 6.07) is 4.28. The van der Waals surface area contributed by atoms with Crippen LogP contribution in [0.4, 0.5) is 0 Å². The summed E-state index contributed by atoms with van der Waals surface area (Å²) < 4.78 is 5.29. The first-order valence-corrected chi connectivity index (χ1v) is 5.11. The molecule has 0 unspecified atom stereocenters. The molecule has 0 aliphatic rings. The van der Waals surface area contributed by atoms with Crippen molar-refractivity contribution in [2.24, 2.45) is 0 Å². The Kier molecular flexibility index (Phi) is 4.61. The van der Waals surface area contributed by atoms with E-state index in [9.17, 15) is 0 Å². The molecule has 1 heterocycles. The van der Waals surface area contributed by atoms with E-state index in [1.807, 2.05) is 12.1 Å². The molecular formula is C11H19NO. The predicted molar refractivity (Wildman–Crippen MR) is 54.7 cm³/mol. The van der Waals surface area contributed by atoms with E-state index in [4.69, 9.17) is 4.42 Å². The number of rotatable bonds is 6. The fraction of sp³-hybridized carbons (Fsp3) is 0.636. The summed E-state index contributed by atoms with van der Waals surface area (Å²) >= 11 is 0. The van der Waals surface area contributed by atoms with Gasteiger partial charge in [-0.15, -0.1) is 0 Å². The van der Waals surface area contributed by atoms with E-state index in [1.165, 1.54) is 19.3 Å². The zero-order chi connectivity index (χ0) is 9.52. The van der Waals surface area contributed by atoms with Crippen LogP contribution in [0.1, 0.15) is 44.9 Å². The maximum atomic E-state index is 5.29. The van der Waals surface area contributed by atoms with Crippen molar-refractivity contribution in [2.45, 2.75) is 39.2 Å². The van der Waals surface area contributed by atoms with Gasteiger partial charge in [-0.2, -0.15) is 0 Å². The molecule has 0 bridgehead atoms. The Balaban J connectivity index is 2.15. The molecule has 0 amide bonds. The van der Waals surface area contributed by atoms with Gasteiger partial charge in [-0.3, -0.25) is 0 Å². The van der Waals surface area contributed by atoms with Gasteiger partial charge in [-0.1, -0.05) is 19.8 Å².